The molecule has 0 aliphatic rings. The number of methoxy groups -OCH3 is 1. The zero-order valence-electron chi connectivity index (χ0n) is 13.2. The third kappa shape index (κ3) is 3.46. The van der Waals surface area contributed by atoms with Crippen LogP contribution in [0.3, 0.4) is 0 Å². The van der Waals surface area contributed by atoms with Crippen molar-refractivity contribution in [1.82, 2.24) is 24.9 Å². The van der Waals surface area contributed by atoms with E-state index in [0.717, 1.165) is 0 Å². The van der Waals surface area contributed by atoms with Gasteiger partial charge in [0.25, 0.3) is 5.91 Å². The first-order valence-electron chi connectivity index (χ1n) is 7.21. The lowest BCUT2D eigenvalue weighted by atomic mass is 10.1. The van der Waals surface area contributed by atoms with Crippen molar-refractivity contribution in [1.29, 1.82) is 5.26 Å². The molecule has 0 saturated heterocycles. The topological polar surface area (TPSA) is 97.8 Å². The first-order valence-corrected chi connectivity index (χ1v) is 7.59. The highest BCUT2D eigenvalue weighted by atomic mass is 35.5. The summed E-state index contributed by atoms with van der Waals surface area (Å²) in [5.74, 6) is 0.117. The lowest BCUT2D eigenvalue weighted by molar-refractivity contribution is -0.120. The molecule has 3 rings (SSSR count). The molecular formula is C16H13ClN6O2. The van der Waals surface area contributed by atoms with E-state index in [1.165, 1.54) is 4.68 Å². The number of rotatable bonds is 5. The Morgan fingerprint density at radius 2 is 2.32 bits per heavy atom. The molecule has 0 bridgehead atoms. The molecule has 0 unspecified atom stereocenters. The van der Waals surface area contributed by atoms with Crippen molar-refractivity contribution in [3.63, 3.8) is 0 Å². The molecule has 2 aromatic heterocycles. The quantitative estimate of drug-likeness (QED) is 0.557. The normalized spacial score (nSPS) is 10.3. The summed E-state index contributed by atoms with van der Waals surface area (Å²) < 4.78 is 8.45. The molecule has 0 fully saturated rings. The molecule has 0 aliphatic heterocycles. The van der Waals surface area contributed by atoms with Crippen molar-refractivity contribution in [3.05, 3.63) is 47.9 Å². The third-order valence-corrected chi connectivity index (χ3v) is 3.65. The number of hydrogen-bond acceptors (Lipinski definition) is 5. The second kappa shape index (κ2) is 7.07. The molecule has 0 spiro atoms. The van der Waals surface area contributed by atoms with E-state index in [-0.39, 0.29) is 6.54 Å². The molecule has 1 aromatic carbocycles. The van der Waals surface area contributed by atoms with Crippen LogP contribution in [0.5, 0.6) is 5.75 Å². The molecule has 2 heterocycles. The minimum Gasteiger partial charge on any atom is -0.496 e. The van der Waals surface area contributed by atoms with Crippen LogP contribution in [0, 0.1) is 11.5 Å². The second-order valence-corrected chi connectivity index (χ2v) is 5.45. The number of ether oxygens (including phenoxy) is 1. The van der Waals surface area contributed by atoms with Gasteiger partial charge in [-0.1, -0.05) is 11.6 Å². The summed E-state index contributed by atoms with van der Waals surface area (Å²) in [4.78, 5) is 11.7. The summed E-state index contributed by atoms with van der Waals surface area (Å²) >= 11 is 6.12. The van der Waals surface area contributed by atoms with Crippen LogP contribution in [0.15, 0.2) is 42.9 Å². The number of halogens is 1. The first kappa shape index (κ1) is 16.5. The Morgan fingerprint density at radius 1 is 1.48 bits per heavy atom. The number of carbonyl (C=O) groups is 1. The molecule has 0 radical (unpaired) electrons. The van der Waals surface area contributed by atoms with E-state index >= 15 is 0 Å². The highest BCUT2D eigenvalue weighted by Crippen LogP contribution is 2.34. The van der Waals surface area contributed by atoms with Crippen LogP contribution in [-0.2, 0) is 11.3 Å². The highest BCUT2D eigenvalue weighted by molar-refractivity contribution is 6.31. The van der Waals surface area contributed by atoms with Crippen LogP contribution in [0.25, 0.3) is 16.9 Å². The van der Waals surface area contributed by atoms with Gasteiger partial charge < -0.3 is 4.74 Å². The standard InChI is InChI=1S/C16H13ClN6O2/c1-25-14-4-3-11(17)7-12(14)16-13(23-6-2-5-20-23)8-22(21-16)9-15(24)19-10-18/h2-8H,9H2,1H3,(H,19,24). The van der Waals surface area contributed by atoms with Gasteiger partial charge >= 0.3 is 0 Å². The number of hydrogen-bond donors (Lipinski definition) is 1. The molecule has 8 nitrogen and oxygen atoms in total. The Morgan fingerprint density at radius 3 is 3.00 bits per heavy atom. The van der Waals surface area contributed by atoms with Crippen molar-refractivity contribution in [3.8, 4) is 28.9 Å². The maximum absolute atomic E-state index is 11.7. The van der Waals surface area contributed by atoms with Crippen molar-refractivity contribution in [2.75, 3.05) is 7.11 Å². The summed E-state index contributed by atoms with van der Waals surface area (Å²) in [7, 11) is 1.55. The van der Waals surface area contributed by atoms with Crippen LogP contribution < -0.4 is 10.1 Å². The Kier molecular flexibility index (Phi) is 4.68. The van der Waals surface area contributed by atoms with Gasteiger partial charge in [-0.3, -0.25) is 14.8 Å². The minimum absolute atomic E-state index is 0.106. The molecule has 1 N–H and O–H groups in total. The van der Waals surface area contributed by atoms with Gasteiger partial charge in [-0.25, -0.2) is 4.68 Å². The summed E-state index contributed by atoms with van der Waals surface area (Å²) in [6.07, 6.45) is 6.66. The molecule has 3 aromatic rings. The molecule has 1 amide bonds. The number of carbonyl (C=O) groups excluding carboxylic acids is 1. The van der Waals surface area contributed by atoms with E-state index in [0.29, 0.717) is 27.7 Å². The van der Waals surface area contributed by atoms with Gasteiger partial charge in [0.05, 0.1) is 13.3 Å². The summed E-state index contributed by atoms with van der Waals surface area (Å²) in [6, 6.07) is 6.97. The number of nitrogens with one attached hydrogen (secondary N) is 1. The van der Waals surface area contributed by atoms with Gasteiger partial charge in [-0.15, -0.1) is 0 Å². The lowest BCUT2D eigenvalue weighted by Crippen LogP contribution is -2.23. The number of amides is 1. The van der Waals surface area contributed by atoms with Gasteiger partial charge in [0.2, 0.25) is 0 Å². The van der Waals surface area contributed by atoms with E-state index in [1.807, 2.05) is 0 Å². The fraction of sp³-hybridized carbons (Fsp3) is 0.125. The van der Waals surface area contributed by atoms with Crippen molar-refractivity contribution >= 4 is 17.5 Å². The molecule has 0 saturated carbocycles. The fourth-order valence-electron chi connectivity index (χ4n) is 2.38. The molecule has 25 heavy (non-hydrogen) atoms. The minimum atomic E-state index is -0.471. The predicted octanol–water partition coefficient (Wildman–Crippen LogP) is 2.00. The Bertz CT molecular complexity index is 942. The van der Waals surface area contributed by atoms with Crippen LogP contribution in [0.1, 0.15) is 0 Å². The van der Waals surface area contributed by atoms with E-state index in [9.17, 15) is 4.79 Å². The number of benzene rings is 1. The van der Waals surface area contributed by atoms with Crippen LogP contribution in [0.4, 0.5) is 0 Å². The number of aromatic nitrogens is 4. The van der Waals surface area contributed by atoms with Crippen LogP contribution in [-0.4, -0.2) is 32.6 Å². The molecule has 0 atom stereocenters. The van der Waals surface area contributed by atoms with Crippen molar-refractivity contribution in [2.24, 2.45) is 0 Å². The zero-order valence-corrected chi connectivity index (χ0v) is 13.9. The largest absolute Gasteiger partial charge is 0.496 e. The maximum atomic E-state index is 11.7. The smallest absolute Gasteiger partial charge is 0.254 e. The maximum Gasteiger partial charge on any atom is 0.254 e. The average molecular weight is 357 g/mol. The van der Waals surface area contributed by atoms with Crippen LogP contribution in [0.2, 0.25) is 5.02 Å². The third-order valence-electron chi connectivity index (χ3n) is 3.41. The Labute approximate surface area is 148 Å². The first-order chi connectivity index (χ1) is 12.1. The zero-order chi connectivity index (χ0) is 17.8. The SMILES string of the molecule is COc1ccc(Cl)cc1-c1nn(CC(=O)NC#N)cc1-n1cccn1. The second-order valence-electron chi connectivity index (χ2n) is 5.02. The number of nitriles is 1. The summed E-state index contributed by atoms with van der Waals surface area (Å²) in [6.45, 7) is -0.106. The number of nitrogens with zero attached hydrogens (tertiary/aromatic N) is 5. The monoisotopic (exact) mass is 356 g/mol. The Balaban J connectivity index is 2.12. The van der Waals surface area contributed by atoms with Gasteiger partial charge in [0.15, 0.2) is 6.19 Å². The lowest BCUT2D eigenvalue weighted by Gasteiger charge is -2.08. The van der Waals surface area contributed by atoms with Gasteiger partial charge in [0.1, 0.15) is 23.7 Å². The van der Waals surface area contributed by atoms with Crippen molar-refractivity contribution in [2.45, 2.75) is 6.54 Å². The van der Waals surface area contributed by atoms with E-state index in [2.05, 4.69) is 15.5 Å². The van der Waals surface area contributed by atoms with Crippen LogP contribution >= 0.6 is 11.6 Å². The van der Waals surface area contributed by atoms with E-state index < -0.39 is 5.91 Å². The summed E-state index contributed by atoms with van der Waals surface area (Å²) in [5, 5.41) is 19.8. The van der Waals surface area contributed by atoms with Gasteiger partial charge in [0, 0.05) is 23.0 Å². The summed E-state index contributed by atoms with van der Waals surface area (Å²) in [5.41, 5.74) is 1.86. The van der Waals surface area contributed by atoms with E-state index in [4.69, 9.17) is 21.6 Å². The average Bonchev–Trinajstić information content (AvgIpc) is 3.24. The molecule has 0 aliphatic carbocycles. The predicted molar refractivity (Wildman–Crippen MR) is 90.1 cm³/mol. The fourth-order valence-corrected chi connectivity index (χ4v) is 2.55. The highest BCUT2D eigenvalue weighted by Gasteiger charge is 2.18. The van der Waals surface area contributed by atoms with Gasteiger partial charge in [-0.05, 0) is 24.3 Å². The Hall–Kier alpha value is -3.31. The van der Waals surface area contributed by atoms with E-state index in [1.54, 1.807) is 60.8 Å². The van der Waals surface area contributed by atoms with Crippen molar-refractivity contribution < 1.29 is 9.53 Å². The molecule has 126 valence electrons. The molecular weight excluding hydrogens is 344 g/mol. The van der Waals surface area contributed by atoms with Gasteiger partial charge in [-0.2, -0.15) is 15.5 Å². The molecule has 9 heteroatoms.